The van der Waals surface area contributed by atoms with E-state index in [1.807, 2.05) is 38.3 Å². The fraction of sp³-hybridized carbons (Fsp3) is 0.267. The predicted molar refractivity (Wildman–Crippen MR) is 79.5 cm³/mol. The van der Waals surface area contributed by atoms with Crippen molar-refractivity contribution >= 4 is 16.3 Å². The molecule has 0 saturated heterocycles. The molecule has 98 valence electrons. The summed E-state index contributed by atoms with van der Waals surface area (Å²) in [7, 11) is 0. The molecule has 0 amide bonds. The van der Waals surface area contributed by atoms with Crippen LogP contribution in [0.15, 0.2) is 17.5 Å². The molecule has 3 nitrogen and oxygen atoms in total. The summed E-state index contributed by atoms with van der Waals surface area (Å²) in [5.41, 5.74) is 10.4. The Bertz CT molecular complexity index is 630. The van der Waals surface area contributed by atoms with Crippen molar-refractivity contribution < 1.29 is 4.74 Å². The number of hydrogen-bond acceptors (Lipinski definition) is 4. The number of nitrogen functional groups attached to an aromatic ring is 1. The van der Waals surface area contributed by atoms with E-state index in [0.717, 1.165) is 28.0 Å². The van der Waals surface area contributed by atoms with Crippen molar-refractivity contribution in [2.24, 2.45) is 0 Å². The Morgan fingerprint density at radius 1 is 1.32 bits per heavy atom. The van der Waals surface area contributed by atoms with Crippen molar-refractivity contribution in [1.29, 1.82) is 5.26 Å². The van der Waals surface area contributed by atoms with Crippen LogP contribution in [0.3, 0.4) is 0 Å². The Hall–Kier alpha value is -1.99. The van der Waals surface area contributed by atoms with Gasteiger partial charge in [-0.1, -0.05) is 0 Å². The Morgan fingerprint density at radius 2 is 1.95 bits per heavy atom. The third-order valence-electron chi connectivity index (χ3n) is 2.99. The molecule has 1 aromatic heterocycles. The maximum absolute atomic E-state index is 9.18. The van der Waals surface area contributed by atoms with Gasteiger partial charge in [-0.25, -0.2) is 0 Å². The maximum Gasteiger partial charge on any atom is 0.125 e. The number of thiophene rings is 1. The molecule has 0 aliphatic rings. The molecule has 0 fully saturated rings. The smallest absolute Gasteiger partial charge is 0.125 e. The van der Waals surface area contributed by atoms with Gasteiger partial charge in [0.15, 0.2) is 0 Å². The monoisotopic (exact) mass is 272 g/mol. The van der Waals surface area contributed by atoms with Crippen molar-refractivity contribution in [1.82, 2.24) is 0 Å². The first-order valence-electron chi connectivity index (χ1n) is 6.10. The van der Waals surface area contributed by atoms with E-state index in [0.29, 0.717) is 17.2 Å². The topological polar surface area (TPSA) is 59.0 Å². The summed E-state index contributed by atoms with van der Waals surface area (Å²) >= 11 is 1.40. The molecule has 4 heteroatoms. The van der Waals surface area contributed by atoms with E-state index in [-0.39, 0.29) is 0 Å². The summed E-state index contributed by atoms with van der Waals surface area (Å²) in [5, 5.41) is 11.7. The number of nitriles is 1. The minimum atomic E-state index is 0.563. The van der Waals surface area contributed by atoms with E-state index < -0.39 is 0 Å². The molecule has 1 heterocycles. The van der Waals surface area contributed by atoms with Gasteiger partial charge in [-0.15, -0.1) is 11.3 Å². The Labute approximate surface area is 117 Å². The molecule has 0 aliphatic heterocycles. The van der Waals surface area contributed by atoms with Crippen LogP contribution in [0, 0.1) is 25.2 Å². The fourth-order valence-corrected chi connectivity index (χ4v) is 2.95. The second-order valence-corrected chi connectivity index (χ2v) is 5.28. The average molecular weight is 272 g/mol. The summed E-state index contributed by atoms with van der Waals surface area (Å²) in [4.78, 5) is 0. The Kier molecular flexibility index (Phi) is 3.77. The van der Waals surface area contributed by atoms with E-state index in [9.17, 15) is 5.26 Å². The van der Waals surface area contributed by atoms with Crippen LogP contribution in [0.4, 0.5) is 5.00 Å². The minimum absolute atomic E-state index is 0.563. The lowest BCUT2D eigenvalue weighted by Crippen LogP contribution is -1.97. The van der Waals surface area contributed by atoms with Gasteiger partial charge in [0.25, 0.3) is 0 Å². The largest absolute Gasteiger partial charge is 0.493 e. The van der Waals surface area contributed by atoms with Gasteiger partial charge in [0.05, 0.1) is 12.2 Å². The summed E-state index contributed by atoms with van der Waals surface area (Å²) in [5.74, 6) is 0.924. The molecule has 0 aliphatic carbocycles. The Morgan fingerprint density at radius 3 is 2.47 bits per heavy atom. The van der Waals surface area contributed by atoms with E-state index in [1.54, 1.807) is 0 Å². The van der Waals surface area contributed by atoms with Gasteiger partial charge in [0.2, 0.25) is 0 Å². The summed E-state index contributed by atoms with van der Waals surface area (Å²) in [6.07, 6.45) is 0. The lowest BCUT2D eigenvalue weighted by Gasteiger charge is -2.12. The second kappa shape index (κ2) is 5.33. The highest BCUT2D eigenvalue weighted by atomic mass is 32.1. The zero-order valence-corrected chi connectivity index (χ0v) is 12.1. The predicted octanol–water partition coefficient (Wildman–Crippen LogP) is 3.88. The molecule has 0 atom stereocenters. The summed E-state index contributed by atoms with van der Waals surface area (Å²) < 4.78 is 5.63. The third kappa shape index (κ3) is 2.42. The van der Waals surface area contributed by atoms with Crippen molar-refractivity contribution in [3.63, 3.8) is 0 Å². The van der Waals surface area contributed by atoms with Gasteiger partial charge < -0.3 is 10.5 Å². The number of nitrogens with two attached hydrogens (primary N) is 1. The first kappa shape index (κ1) is 13.4. The third-order valence-corrected chi connectivity index (χ3v) is 3.80. The molecule has 0 radical (unpaired) electrons. The molecule has 2 rings (SSSR count). The number of nitrogens with zero attached hydrogens (tertiary/aromatic N) is 1. The Balaban J connectivity index is 2.56. The van der Waals surface area contributed by atoms with Gasteiger partial charge in [-0.05, 0) is 49.6 Å². The zero-order chi connectivity index (χ0) is 14.0. The fourth-order valence-electron chi connectivity index (χ4n) is 2.18. The molecule has 19 heavy (non-hydrogen) atoms. The molecule has 1 aromatic carbocycles. The number of anilines is 1. The lowest BCUT2D eigenvalue weighted by molar-refractivity contribution is 0.335. The normalized spacial score (nSPS) is 10.2. The SMILES string of the molecule is CCOc1c(C)cc(-c2csc(N)c2C#N)cc1C. The van der Waals surface area contributed by atoms with Crippen LogP contribution < -0.4 is 10.5 Å². The van der Waals surface area contributed by atoms with Crippen LogP contribution in [0.2, 0.25) is 0 Å². The van der Waals surface area contributed by atoms with Crippen LogP contribution in [0.1, 0.15) is 23.6 Å². The highest BCUT2D eigenvalue weighted by Crippen LogP contribution is 2.36. The highest BCUT2D eigenvalue weighted by molar-refractivity contribution is 7.14. The molecular weight excluding hydrogens is 256 g/mol. The van der Waals surface area contributed by atoms with Crippen molar-refractivity contribution in [3.8, 4) is 22.9 Å². The van der Waals surface area contributed by atoms with Crippen LogP contribution in [-0.2, 0) is 0 Å². The molecule has 2 N–H and O–H groups in total. The second-order valence-electron chi connectivity index (χ2n) is 4.37. The van der Waals surface area contributed by atoms with Crippen molar-refractivity contribution in [3.05, 3.63) is 34.2 Å². The molecular formula is C15H16N2OS. The highest BCUT2D eigenvalue weighted by Gasteiger charge is 2.13. The van der Waals surface area contributed by atoms with Gasteiger partial charge in [0.1, 0.15) is 16.8 Å². The number of aryl methyl sites for hydroxylation is 2. The summed E-state index contributed by atoms with van der Waals surface area (Å²) in [6, 6.07) is 6.26. The van der Waals surface area contributed by atoms with Crippen LogP contribution in [-0.4, -0.2) is 6.61 Å². The number of ether oxygens (including phenoxy) is 1. The van der Waals surface area contributed by atoms with E-state index in [4.69, 9.17) is 10.5 Å². The first-order chi connectivity index (χ1) is 9.08. The number of hydrogen-bond donors (Lipinski definition) is 1. The van der Waals surface area contributed by atoms with E-state index in [2.05, 4.69) is 6.07 Å². The van der Waals surface area contributed by atoms with Gasteiger partial charge in [0, 0.05) is 10.9 Å². The quantitative estimate of drug-likeness (QED) is 0.922. The minimum Gasteiger partial charge on any atom is -0.493 e. The molecule has 0 unspecified atom stereocenters. The van der Waals surface area contributed by atoms with Gasteiger partial charge in [-0.2, -0.15) is 5.26 Å². The zero-order valence-electron chi connectivity index (χ0n) is 11.3. The lowest BCUT2D eigenvalue weighted by atomic mass is 9.99. The van der Waals surface area contributed by atoms with E-state index in [1.165, 1.54) is 11.3 Å². The average Bonchev–Trinajstić information content (AvgIpc) is 2.74. The van der Waals surface area contributed by atoms with Crippen molar-refractivity contribution in [2.45, 2.75) is 20.8 Å². The molecule has 0 spiro atoms. The number of benzene rings is 1. The van der Waals surface area contributed by atoms with Gasteiger partial charge in [-0.3, -0.25) is 0 Å². The molecule has 0 saturated carbocycles. The van der Waals surface area contributed by atoms with Crippen LogP contribution in [0.25, 0.3) is 11.1 Å². The summed E-state index contributed by atoms with van der Waals surface area (Å²) in [6.45, 7) is 6.66. The molecule has 2 aromatic rings. The van der Waals surface area contributed by atoms with Crippen LogP contribution >= 0.6 is 11.3 Å². The van der Waals surface area contributed by atoms with E-state index >= 15 is 0 Å². The maximum atomic E-state index is 9.18. The number of rotatable bonds is 3. The van der Waals surface area contributed by atoms with Gasteiger partial charge >= 0.3 is 0 Å². The first-order valence-corrected chi connectivity index (χ1v) is 6.98. The van der Waals surface area contributed by atoms with Crippen molar-refractivity contribution in [2.75, 3.05) is 12.3 Å². The van der Waals surface area contributed by atoms with Crippen LogP contribution in [0.5, 0.6) is 5.75 Å². The molecule has 0 bridgehead atoms. The standard InChI is InChI=1S/C15H16N2OS/c1-4-18-14-9(2)5-11(6-10(14)3)13-8-19-15(17)12(13)7-16/h5-6,8H,4,17H2,1-3H3.